The number of methoxy groups -OCH3 is 1. The molecule has 8 heteroatoms. The van der Waals surface area contributed by atoms with E-state index in [9.17, 15) is 18.3 Å². The lowest BCUT2D eigenvalue weighted by Gasteiger charge is -2.37. The minimum absolute atomic E-state index is 0.0298. The van der Waals surface area contributed by atoms with Crippen molar-refractivity contribution < 1.29 is 27.8 Å². The van der Waals surface area contributed by atoms with Crippen molar-refractivity contribution in [2.24, 2.45) is 10.4 Å². The molecule has 0 aliphatic heterocycles. The normalized spacial score (nSPS) is 19.2. The molecule has 0 radical (unpaired) electrons. The Kier molecular flexibility index (Phi) is 8.62. The summed E-state index contributed by atoms with van der Waals surface area (Å²) < 4.78 is 53.3. The Morgan fingerprint density at radius 1 is 1.25 bits per heavy atom. The number of hydrogen-bond acceptors (Lipinski definition) is 4. The maximum atomic E-state index is 14.1. The van der Waals surface area contributed by atoms with Crippen molar-refractivity contribution in [3.63, 3.8) is 0 Å². The highest BCUT2D eigenvalue weighted by Gasteiger charge is 2.57. The van der Waals surface area contributed by atoms with Crippen molar-refractivity contribution in [3.05, 3.63) is 28.8 Å². The van der Waals surface area contributed by atoms with Gasteiger partial charge in [-0.05, 0) is 68.2 Å². The van der Waals surface area contributed by atoms with Crippen LogP contribution in [0.5, 0.6) is 5.75 Å². The van der Waals surface area contributed by atoms with E-state index in [1.165, 1.54) is 19.2 Å². The number of rotatable bonds is 9. The summed E-state index contributed by atoms with van der Waals surface area (Å²) in [5.74, 6) is -0.0298. The van der Waals surface area contributed by atoms with E-state index in [1.54, 1.807) is 13.3 Å². The van der Waals surface area contributed by atoms with Gasteiger partial charge in [0.05, 0.1) is 32.7 Å². The first kappa shape index (κ1) is 26.5. The van der Waals surface area contributed by atoms with Gasteiger partial charge in [0.1, 0.15) is 5.75 Å². The van der Waals surface area contributed by atoms with Crippen LogP contribution in [-0.4, -0.2) is 55.9 Å². The highest BCUT2D eigenvalue weighted by atomic mass is 19.4. The number of benzene rings is 1. The highest BCUT2D eigenvalue weighted by Crippen LogP contribution is 2.45. The van der Waals surface area contributed by atoms with Gasteiger partial charge in [0, 0.05) is 19.2 Å². The third-order valence-electron chi connectivity index (χ3n) is 6.43. The molecule has 1 aliphatic carbocycles. The van der Waals surface area contributed by atoms with Crippen molar-refractivity contribution in [2.45, 2.75) is 77.8 Å². The third kappa shape index (κ3) is 6.38. The van der Waals surface area contributed by atoms with Crippen LogP contribution >= 0.6 is 0 Å². The predicted molar refractivity (Wildman–Crippen MR) is 120 cm³/mol. The molecule has 0 saturated heterocycles. The average Bonchev–Trinajstić information content (AvgIpc) is 2.72. The van der Waals surface area contributed by atoms with Crippen LogP contribution in [0.2, 0.25) is 0 Å². The van der Waals surface area contributed by atoms with Crippen LogP contribution < -0.4 is 4.74 Å². The van der Waals surface area contributed by atoms with Crippen molar-refractivity contribution in [1.29, 1.82) is 0 Å². The molecule has 1 aliphatic rings. The maximum absolute atomic E-state index is 14.1. The molecule has 32 heavy (non-hydrogen) atoms. The zero-order valence-corrected chi connectivity index (χ0v) is 20.1. The Bertz CT molecular complexity index is 785. The van der Waals surface area contributed by atoms with Gasteiger partial charge >= 0.3 is 6.18 Å². The largest absolute Gasteiger partial charge is 0.496 e. The fourth-order valence-electron chi connectivity index (χ4n) is 3.84. The second kappa shape index (κ2) is 10.4. The van der Waals surface area contributed by atoms with E-state index in [1.807, 2.05) is 18.9 Å². The van der Waals surface area contributed by atoms with Crippen molar-refractivity contribution in [1.82, 2.24) is 4.90 Å². The summed E-state index contributed by atoms with van der Waals surface area (Å²) >= 11 is 0. The van der Waals surface area contributed by atoms with Gasteiger partial charge in [-0.15, -0.1) is 0 Å². The maximum Gasteiger partial charge on any atom is 0.423 e. The topological polar surface area (TPSA) is 54.3 Å². The van der Waals surface area contributed by atoms with Crippen molar-refractivity contribution >= 4 is 6.34 Å². The molecule has 182 valence electrons. The summed E-state index contributed by atoms with van der Waals surface area (Å²) in [5.41, 5.74) is -2.00. The van der Waals surface area contributed by atoms with E-state index in [0.29, 0.717) is 24.9 Å². The Morgan fingerprint density at radius 2 is 1.88 bits per heavy atom. The monoisotopic (exact) mass is 458 g/mol. The Labute approximate surface area is 189 Å². The van der Waals surface area contributed by atoms with Crippen LogP contribution in [0.1, 0.15) is 63.1 Å². The summed E-state index contributed by atoms with van der Waals surface area (Å²) in [7, 11) is 3.18. The van der Waals surface area contributed by atoms with Gasteiger partial charge in [0.2, 0.25) is 5.60 Å². The van der Waals surface area contributed by atoms with Crippen LogP contribution in [0.25, 0.3) is 0 Å². The number of ether oxygens (including phenoxy) is 2. The Hall–Kier alpha value is -1.80. The molecule has 0 bridgehead atoms. The van der Waals surface area contributed by atoms with Crippen LogP contribution in [-0.2, 0) is 16.9 Å². The van der Waals surface area contributed by atoms with Crippen molar-refractivity contribution in [2.75, 3.05) is 27.3 Å². The molecular weight excluding hydrogens is 421 g/mol. The summed E-state index contributed by atoms with van der Waals surface area (Å²) in [6.07, 6.45) is -0.413. The minimum Gasteiger partial charge on any atom is -0.496 e. The second-order valence-electron chi connectivity index (χ2n) is 9.54. The van der Waals surface area contributed by atoms with E-state index >= 15 is 0 Å². The quantitative estimate of drug-likeness (QED) is 0.407. The SMILES string of the molecule is CCN(C)/C=N/Cc1cc(OC)c(C(O)(COC2CCC(C)(C)CC2)C(F)(F)F)cc1C. The lowest BCUT2D eigenvalue weighted by atomic mass is 9.76. The van der Waals surface area contributed by atoms with E-state index in [0.717, 1.165) is 24.9 Å². The molecule has 1 atom stereocenters. The Balaban J connectivity index is 2.29. The fraction of sp³-hybridized carbons (Fsp3) is 0.708. The van der Waals surface area contributed by atoms with Gasteiger partial charge in [0.15, 0.2) is 0 Å². The molecule has 1 aromatic rings. The molecule has 0 spiro atoms. The summed E-state index contributed by atoms with van der Waals surface area (Å²) in [5, 5.41) is 10.9. The molecule has 1 unspecified atom stereocenters. The number of nitrogens with zero attached hydrogens (tertiary/aromatic N) is 2. The van der Waals surface area contributed by atoms with Gasteiger partial charge < -0.3 is 19.5 Å². The van der Waals surface area contributed by atoms with Crippen LogP contribution in [0.15, 0.2) is 17.1 Å². The molecule has 1 fully saturated rings. The van der Waals surface area contributed by atoms with Crippen LogP contribution in [0.4, 0.5) is 13.2 Å². The summed E-state index contributed by atoms with van der Waals surface area (Å²) in [6, 6.07) is 2.86. The second-order valence-corrected chi connectivity index (χ2v) is 9.54. The third-order valence-corrected chi connectivity index (χ3v) is 6.43. The predicted octanol–water partition coefficient (Wildman–Crippen LogP) is 5.22. The van der Waals surface area contributed by atoms with Crippen molar-refractivity contribution in [3.8, 4) is 5.75 Å². The number of hydrogen-bond donors (Lipinski definition) is 1. The van der Waals surface area contributed by atoms with E-state index < -0.39 is 18.4 Å². The standard InChI is InChI=1S/C24H37F3N2O3/c1-7-29(5)16-28-14-18-13-21(31-6)20(12-17(18)2)23(30,24(25,26)27)15-32-19-8-10-22(3,4)11-9-19/h12-13,16,19,30H,7-11,14-15H2,1-6H3/b28-16+. The van der Waals surface area contributed by atoms with Gasteiger partial charge in [-0.2, -0.15) is 13.2 Å². The number of aliphatic hydroxyl groups is 1. The zero-order valence-electron chi connectivity index (χ0n) is 20.1. The lowest BCUT2D eigenvalue weighted by molar-refractivity contribution is -0.286. The number of alkyl halides is 3. The summed E-state index contributed by atoms with van der Waals surface area (Å²) in [6.45, 7) is 8.22. The first-order valence-corrected chi connectivity index (χ1v) is 11.1. The Morgan fingerprint density at radius 3 is 2.41 bits per heavy atom. The zero-order chi connectivity index (χ0) is 24.2. The minimum atomic E-state index is -4.93. The molecule has 0 heterocycles. The molecule has 1 aromatic carbocycles. The van der Waals surface area contributed by atoms with Gasteiger partial charge in [-0.25, -0.2) is 0 Å². The smallest absolute Gasteiger partial charge is 0.423 e. The van der Waals surface area contributed by atoms with E-state index in [4.69, 9.17) is 9.47 Å². The number of aryl methyl sites for hydroxylation is 1. The van der Waals surface area contributed by atoms with Gasteiger partial charge in [-0.3, -0.25) is 4.99 Å². The molecular formula is C24H37F3N2O3. The number of aliphatic imine (C=N–C) groups is 1. The average molecular weight is 459 g/mol. The molecule has 0 amide bonds. The van der Waals surface area contributed by atoms with E-state index in [-0.39, 0.29) is 22.8 Å². The molecule has 1 N–H and O–H groups in total. The first-order chi connectivity index (χ1) is 14.8. The van der Waals surface area contributed by atoms with E-state index in [2.05, 4.69) is 18.8 Å². The molecule has 5 nitrogen and oxygen atoms in total. The molecule has 0 aromatic heterocycles. The highest BCUT2D eigenvalue weighted by molar-refractivity contribution is 5.55. The van der Waals surface area contributed by atoms with Crippen LogP contribution in [0.3, 0.4) is 0 Å². The lowest BCUT2D eigenvalue weighted by Crippen LogP contribution is -2.47. The first-order valence-electron chi connectivity index (χ1n) is 11.1. The van der Waals surface area contributed by atoms with Crippen LogP contribution in [0, 0.1) is 12.3 Å². The molecule has 2 rings (SSSR count). The number of halogens is 3. The van der Waals surface area contributed by atoms with Gasteiger partial charge in [0.25, 0.3) is 0 Å². The fourth-order valence-corrected chi connectivity index (χ4v) is 3.84. The molecule has 1 saturated carbocycles. The summed E-state index contributed by atoms with van der Waals surface area (Å²) in [4.78, 5) is 6.23. The van der Waals surface area contributed by atoms with Gasteiger partial charge in [-0.1, -0.05) is 13.8 Å².